The van der Waals surface area contributed by atoms with E-state index in [1.807, 2.05) is 24.3 Å². The van der Waals surface area contributed by atoms with Crippen molar-refractivity contribution < 1.29 is 4.39 Å². The third kappa shape index (κ3) is 3.13. The van der Waals surface area contributed by atoms with Crippen molar-refractivity contribution in [3.8, 4) is 11.1 Å². The summed E-state index contributed by atoms with van der Waals surface area (Å²) in [6, 6.07) is 13.2. The van der Waals surface area contributed by atoms with E-state index in [1.54, 1.807) is 42.4 Å². The van der Waals surface area contributed by atoms with Crippen LogP contribution in [0.15, 0.2) is 66.0 Å². The van der Waals surface area contributed by atoms with Crippen LogP contribution in [0.1, 0.15) is 5.56 Å². The summed E-state index contributed by atoms with van der Waals surface area (Å²) in [6.45, 7) is 1.42. The molecule has 1 saturated heterocycles. The first kappa shape index (κ1) is 18.1. The number of hydrogen-bond acceptors (Lipinski definition) is 7. The number of thioether (sulfide) groups is 1. The van der Waals surface area contributed by atoms with Crippen LogP contribution in [-0.4, -0.2) is 39.0 Å². The van der Waals surface area contributed by atoms with Gasteiger partial charge in [-0.15, -0.1) is 0 Å². The second-order valence-electron chi connectivity index (χ2n) is 7.23. The van der Waals surface area contributed by atoms with Crippen LogP contribution >= 0.6 is 11.8 Å². The number of hydrogen-bond donors (Lipinski definition) is 1. The molecule has 0 saturated carbocycles. The van der Waals surface area contributed by atoms with E-state index in [1.165, 1.54) is 6.20 Å². The number of nitrogens with zero attached hydrogens (tertiary/aromatic N) is 5. The molecule has 1 aromatic carbocycles. The summed E-state index contributed by atoms with van der Waals surface area (Å²) < 4.78 is 14.3. The maximum atomic E-state index is 14.3. The first-order chi connectivity index (χ1) is 14.2. The number of fused-ring (bicyclic) bond motifs is 1. The zero-order chi connectivity index (χ0) is 19.8. The Balaban J connectivity index is 1.60. The Kier molecular flexibility index (Phi) is 4.43. The van der Waals surface area contributed by atoms with E-state index < -0.39 is 11.5 Å². The molecule has 0 aliphatic carbocycles. The number of halogens is 1. The molecule has 8 heteroatoms. The summed E-state index contributed by atoms with van der Waals surface area (Å²) in [6.07, 6.45) is 4.94. The number of benzene rings is 1. The topological polar surface area (TPSA) is 80.3 Å². The van der Waals surface area contributed by atoms with Crippen molar-refractivity contribution in [2.24, 2.45) is 16.6 Å². The molecule has 0 bridgehead atoms. The van der Waals surface area contributed by atoms with E-state index in [2.05, 4.69) is 19.9 Å². The number of anilines is 1. The Bertz CT molecular complexity index is 1080. The molecule has 2 aliphatic rings. The van der Waals surface area contributed by atoms with E-state index >= 15 is 0 Å². The number of amidine groups is 1. The van der Waals surface area contributed by atoms with Gasteiger partial charge in [-0.25, -0.2) is 19.9 Å². The molecule has 5 rings (SSSR count). The highest BCUT2D eigenvalue weighted by atomic mass is 32.2. The average molecular weight is 406 g/mol. The number of nitrogens with two attached hydrogens (primary N) is 1. The molecule has 0 spiro atoms. The van der Waals surface area contributed by atoms with Crippen LogP contribution in [0.3, 0.4) is 0 Å². The van der Waals surface area contributed by atoms with Crippen LogP contribution in [0.4, 0.5) is 10.3 Å². The number of aromatic nitrogens is 3. The van der Waals surface area contributed by atoms with E-state index in [-0.39, 0.29) is 5.92 Å². The second kappa shape index (κ2) is 7.11. The lowest BCUT2D eigenvalue weighted by Crippen LogP contribution is -2.40. The van der Waals surface area contributed by atoms with Crippen molar-refractivity contribution in [2.45, 2.75) is 5.54 Å². The van der Waals surface area contributed by atoms with E-state index in [9.17, 15) is 4.39 Å². The largest absolute Gasteiger partial charge is 0.379 e. The van der Waals surface area contributed by atoms with Gasteiger partial charge >= 0.3 is 0 Å². The van der Waals surface area contributed by atoms with Gasteiger partial charge in [0.15, 0.2) is 5.17 Å². The Labute approximate surface area is 172 Å². The van der Waals surface area contributed by atoms with Gasteiger partial charge in [-0.3, -0.25) is 0 Å². The Morgan fingerprint density at radius 2 is 1.90 bits per heavy atom. The smallest absolute Gasteiger partial charge is 0.225 e. The van der Waals surface area contributed by atoms with Crippen molar-refractivity contribution in [2.75, 3.05) is 23.7 Å². The lowest BCUT2D eigenvalue weighted by Gasteiger charge is -2.34. The van der Waals surface area contributed by atoms with E-state index in [0.717, 1.165) is 23.4 Å². The molecule has 3 aromatic rings. The van der Waals surface area contributed by atoms with Crippen LogP contribution in [0.25, 0.3) is 11.1 Å². The quantitative estimate of drug-likeness (QED) is 0.674. The van der Waals surface area contributed by atoms with Crippen LogP contribution in [0, 0.1) is 11.9 Å². The fourth-order valence-corrected chi connectivity index (χ4v) is 5.17. The molecule has 146 valence electrons. The first-order valence-electron chi connectivity index (χ1n) is 9.37. The van der Waals surface area contributed by atoms with Crippen molar-refractivity contribution in [3.63, 3.8) is 0 Å². The predicted molar refractivity (Wildman–Crippen MR) is 113 cm³/mol. The highest BCUT2D eigenvalue weighted by molar-refractivity contribution is 8.13. The summed E-state index contributed by atoms with van der Waals surface area (Å²) in [7, 11) is 0. The van der Waals surface area contributed by atoms with Gasteiger partial charge in [-0.05, 0) is 35.4 Å². The lowest BCUT2D eigenvalue weighted by molar-refractivity contribution is 0.388. The molecular formula is C21H19FN6S. The molecule has 2 atom stereocenters. The van der Waals surface area contributed by atoms with Gasteiger partial charge in [-0.2, -0.15) is 4.39 Å². The number of rotatable bonds is 3. The van der Waals surface area contributed by atoms with Gasteiger partial charge in [0.25, 0.3) is 0 Å². The van der Waals surface area contributed by atoms with Gasteiger partial charge in [0.1, 0.15) is 5.54 Å². The number of aliphatic imine (C=N–C) groups is 1. The molecule has 6 nitrogen and oxygen atoms in total. The molecule has 0 radical (unpaired) electrons. The van der Waals surface area contributed by atoms with Crippen LogP contribution in [0.5, 0.6) is 0 Å². The molecular weight excluding hydrogens is 387 g/mol. The van der Waals surface area contributed by atoms with Crippen molar-refractivity contribution in [1.82, 2.24) is 15.0 Å². The Morgan fingerprint density at radius 1 is 1.07 bits per heavy atom. The molecule has 29 heavy (non-hydrogen) atoms. The summed E-state index contributed by atoms with van der Waals surface area (Å²) in [4.78, 5) is 19.7. The molecule has 4 heterocycles. The van der Waals surface area contributed by atoms with Crippen molar-refractivity contribution in [1.29, 1.82) is 0 Å². The fraction of sp³-hybridized carbons (Fsp3) is 0.238. The first-order valence-corrected chi connectivity index (χ1v) is 10.4. The van der Waals surface area contributed by atoms with Gasteiger partial charge < -0.3 is 10.6 Å². The minimum atomic E-state index is -0.511. The number of pyridine rings is 1. The molecule has 2 N–H and O–H groups in total. The standard InChI is InChI=1S/C21H19FN6S/c22-18-17(6-2-7-24-18)14-4-1-5-15(10-14)21-13-28(20-25-8-3-9-26-20)11-16(21)12-29-19(23)27-21/h1-10,16H,11-13H2,(H2,23,27)/t16-,21+/m0/s1. The van der Waals surface area contributed by atoms with E-state index in [4.69, 9.17) is 10.7 Å². The van der Waals surface area contributed by atoms with Gasteiger partial charge in [0.05, 0.1) is 6.54 Å². The molecule has 1 fully saturated rings. The van der Waals surface area contributed by atoms with Gasteiger partial charge in [-0.1, -0.05) is 30.0 Å². The van der Waals surface area contributed by atoms with Crippen molar-refractivity contribution in [3.05, 3.63) is 72.6 Å². The summed E-state index contributed by atoms with van der Waals surface area (Å²) in [5, 5.41) is 0.579. The third-order valence-corrected chi connectivity index (χ3v) is 6.51. The molecule has 0 unspecified atom stereocenters. The predicted octanol–water partition coefficient (Wildman–Crippen LogP) is 3.07. The normalized spacial score (nSPS) is 23.6. The molecule has 2 aromatic heterocycles. The fourth-order valence-electron chi connectivity index (χ4n) is 4.19. The minimum Gasteiger partial charge on any atom is -0.379 e. The highest BCUT2D eigenvalue weighted by Gasteiger charge is 2.50. The Hall–Kier alpha value is -3.00. The maximum Gasteiger partial charge on any atom is 0.225 e. The van der Waals surface area contributed by atoms with Gasteiger partial charge in [0.2, 0.25) is 11.9 Å². The zero-order valence-corrected chi connectivity index (χ0v) is 16.4. The highest BCUT2D eigenvalue weighted by Crippen LogP contribution is 2.46. The van der Waals surface area contributed by atoms with Crippen molar-refractivity contribution >= 4 is 22.9 Å². The monoisotopic (exact) mass is 406 g/mol. The van der Waals surface area contributed by atoms with Crippen LogP contribution in [0.2, 0.25) is 0 Å². The zero-order valence-electron chi connectivity index (χ0n) is 15.6. The molecule has 0 amide bonds. The Morgan fingerprint density at radius 3 is 2.72 bits per heavy atom. The van der Waals surface area contributed by atoms with E-state index in [0.29, 0.717) is 23.2 Å². The second-order valence-corrected chi connectivity index (χ2v) is 8.27. The lowest BCUT2D eigenvalue weighted by atomic mass is 9.81. The SMILES string of the molecule is NC1=N[C@@]2(c3cccc(-c4cccnc4F)c3)CN(c3ncccn3)C[C@H]2CS1. The average Bonchev–Trinajstić information content (AvgIpc) is 3.15. The molecule has 2 aliphatic heterocycles. The maximum absolute atomic E-state index is 14.3. The summed E-state index contributed by atoms with van der Waals surface area (Å²) in [5.41, 5.74) is 7.93. The van der Waals surface area contributed by atoms with Crippen LogP contribution in [-0.2, 0) is 5.54 Å². The third-order valence-electron chi connectivity index (χ3n) is 5.56. The van der Waals surface area contributed by atoms with Gasteiger partial charge in [0, 0.05) is 42.4 Å². The summed E-state index contributed by atoms with van der Waals surface area (Å²) >= 11 is 1.58. The summed E-state index contributed by atoms with van der Waals surface area (Å²) in [5.74, 6) is 1.32. The minimum absolute atomic E-state index is 0.248. The van der Waals surface area contributed by atoms with Crippen LogP contribution < -0.4 is 10.6 Å².